The first-order valence-corrected chi connectivity index (χ1v) is 13.8. The summed E-state index contributed by atoms with van der Waals surface area (Å²) in [6.45, 7) is 0.706. The van der Waals surface area contributed by atoms with E-state index in [0.29, 0.717) is 30.7 Å². The maximum absolute atomic E-state index is 13.0. The van der Waals surface area contributed by atoms with Gasteiger partial charge in [-0.3, -0.25) is 0 Å². The van der Waals surface area contributed by atoms with Gasteiger partial charge in [-0.15, -0.1) is 0 Å². The largest absolute Gasteiger partial charge is 0.494 e. The molecule has 0 atom stereocenters. The van der Waals surface area contributed by atoms with Gasteiger partial charge in [0.15, 0.2) is 0 Å². The molecule has 38 heavy (non-hydrogen) atoms. The Hall–Kier alpha value is -3.63. The van der Waals surface area contributed by atoms with Crippen LogP contribution < -0.4 is 14.4 Å². The molecule has 0 fully saturated rings. The van der Waals surface area contributed by atoms with E-state index < -0.39 is 22.0 Å². The molecule has 9 nitrogen and oxygen atoms in total. The fourth-order valence-corrected chi connectivity index (χ4v) is 5.39. The van der Waals surface area contributed by atoms with Gasteiger partial charge in [0.2, 0.25) is 10.0 Å². The summed E-state index contributed by atoms with van der Waals surface area (Å²) in [5.74, 6) is -0.789. The summed E-state index contributed by atoms with van der Waals surface area (Å²) < 4.78 is 43.9. The summed E-state index contributed by atoms with van der Waals surface area (Å²) in [4.78, 5) is 26.0. The van der Waals surface area contributed by atoms with Crippen LogP contribution in [-0.4, -0.2) is 61.8 Å². The van der Waals surface area contributed by atoms with Crippen LogP contribution in [0.25, 0.3) is 10.8 Å². The van der Waals surface area contributed by atoms with E-state index in [4.69, 9.17) is 14.2 Å². The molecule has 0 heterocycles. The number of methoxy groups -OCH3 is 2. The van der Waals surface area contributed by atoms with Crippen LogP contribution in [-0.2, 0) is 19.5 Å². The Morgan fingerprint density at radius 3 is 2.05 bits per heavy atom. The third-order valence-electron chi connectivity index (χ3n) is 6.01. The lowest BCUT2D eigenvalue weighted by Crippen LogP contribution is -2.25. The summed E-state index contributed by atoms with van der Waals surface area (Å²) in [6.07, 6.45) is 3.03. The number of fused-ring (bicyclic) bond motifs is 1. The number of nitrogens with one attached hydrogen (secondary N) is 1. The predicted molar refractivity (Wildman–Crippen MR) is 147 cm³/mol. The molecule has 1 N–H and O–H groups in total. The van der Waals surface area contributed by atoms with Gasteiger partial charge < -0.3 is 19.1 Å². The summed E-state index contributed by atoms with van der Waals surface area (Å²) in [5, 5.41) is 1.58. The van der Waals surface area contributed by atoms with Crippen molar-refractivity contribution in [2.24, 2.45) is 0 Å². The molecule has 0 aromatic heterocycles. The third kappa shape index (κ3) is 7.23. The smallest absolute Gasteiger partial charge is 0.338 e. The lowest BCUT2D eigenvalue weighted by Gasteiger charge is -2.17. The fraction of sp³-hybridized carbons (Fsp3) is 0.357. The molecular formula is C28H34N2O7S. The first kappa shape index (κ1) is 28.9. The minimum atomic E-state index is -3.66. The molecular weight excluding hydrogens is 508 g/mol. The molecule has 0 aliphatic rings. The lowest BCUT2D eigenvalue weighted by molar-refractivity contribution is 0.0598. The third-order valence-corrected chi connectivity index (χ3v) is 7.53. The summed E-state index contributed by atoms with van der Waals surface area (Å²) in [7, 11) is 2.72. The van der Waals surface area contributed by atoms with Crippen molar-refractivity contribution in [1.29, 1.82) is 0 Å². The van der Waals surface area contributed by atoms with Crippen LogP contribution >= 0.6 is 0 Å². The maximum Gasteiger partial charge on any atom is 0.338 e. The Bertz CT molecular complexity index is 1350. The van der Waals surface area contributed by atoms with Crippen LogP contribution in [0, 0.1) is 0 Å². The Balaban J connectivity index is 1.48. The second kappa shape index (κ2) is 13.3. The number of carbonyl (C=O) groups excluding carboxylic acids is 2. The van der Waals surface area contributed by atoms with Crippen molar-refractivity contribution in [3.8, 4) is 5.75 Å². The molecule has 3 aromatic rings. The number of esters is 2. The van der Waals surface area contributed by atoms with E-state index in [1.54, 1.807) is 12.1 Å². The Morgan fingerprint density at radius 1 is 0.816 bits per heavy atom. The van der Waals surface area contributed by atoms with Crippen LogP contribution in [0.1, 0.15) is 46.4 Å². The van der Waals surface area contributed by atoms with Crippen molar-refractivity contribution in [3.05, 3.63) is 65.7 Å². The minimum absolute atomic E-state index is 0.196. The number of ether oxygens (including phenoxy) is 3. The molecule has 3 aromatic carbocycles. The SMILES string of the molecule is COC(=O)c1cc(OCCCCCCNS(=O)(=O)c2cccc3c(N(C)C)cccc23)cc(C(=O)OC)c1. The molecule has 0 amide bonds. The molecule has 0 unspecified atom stereocenters. The highest BCUT2D eigenvalue weighted by atomic mass is 32.2. The van der Waals surface area contributed by atoms with Gasteiger partial charge in [-0.25, -0.2) is 22.7 Å². The number of carbonyl (C=O) groups is 2. The Kier molecular flexibility index (Phi) is 10.1. The normalized spacial score (nSPS) is 11.3. The molecule has 0 radical (unpaired) electrons. The summed E-state index contributed by atoms with van der Waals surface area (Å²) >= 11 is 0. The van der Waals surface area contributed by atoms with Gasteiger partial charge >= 0.3 is 11.9 Å². The first-order chi connectivity index (χ1) is 18.2. The number of nitrogens with zero attached hydrogens (tertiary/aromatic N) is 1. The van der Waals surface area contributed by atoms with E-state index in [2.05, 4.69) is 4.72 Å². The van der Waals surface area contributed by atoms with Crippen molar-refractivity contribution >= 4 is 38.4 Å². The van der Waals surface area contributed by atoms with Crippen LogP contribution in [0.15, 0.2) is 59.5 Å². The van der Waals surface area contributed by atoms with Gasteiger partial charge in [0.25, 0.3) is 0 Å². The second-order valence-electron chi connectivity index (χ2n) is 8.91. The summed E-state index contributed by atoms with van der Waals surface area (Å²) in [6, 6.07) is 15.4. The number of unbranched alkanes of at least 4 members (excludes halogenated alkanes) is 3. The number of sulfonamides is 1. The Labute approximate surface area is 223 Å². The monoisotopic (exact) mass is 542 g/mol. The van der Waals surface area contributed by atoms with E-state index in [1.165, 1.54) is 32.4 Å². The quantitative estimate of drug-likeness (QED) is 0.250. The molecule has 0 bridgehead atoms. The Morgan fingerprint density at radius 2 is 1.42 bits per heavy atom. The molecule has 0 saturated heterocycles. The van der Waals surface area contributed by atoms with E-state index in [0.717, 1.165) is 30.3 Å². The number of anilines is 1. The second-order valence-corrected chi connectivity index (χ2v) is 10.6. The van der Waals surface area contributed by atoms with E-state index >= 15 is 0 Å². The van der Waals surface area contributed by atoms with Crippen molar-refractivity contribution < 1.29 is 32.2 Å². The van der Waals surface area contributed by atoms with Crippen LogP contribution in [0.5, 0.6) is 5.75 Å². The highest BCUT2D eigenvalue weighted by Crippen LogP contribution is 2.30. The fourth-order valence-electron chi connectivity index (χ4n) is 4.10. The van der Waals surface area contributed by atoms with Crippen LogP contribution in [0.2, 0.25) is 0 Å². The van der Waals surface area contributed by atoms with Crippen LogP contribution in [0.3, 0.4) is 0 Å². The highest BCUT2D eigenvalue weighted by molar-refractivity contribution is 7.89. The summed E-state index contributed by atoms with van der Waals surface area (Å²) in [5.41, 5.74) is 1.35. The highest BCUT2D eigenvalue weighted by Gasteiger charge is 2.18. The zero-order valence-corrected chi connectivity index (χ0v) is 23.0. The number of hydrogen-bond acceptors (Lipinski definition) is 8. The number of rotatable bonds is 13. The lowest BCUT2D eigenvalue weighted by atomic mass is 10.1. The topological polar surface area (TPSA) is 111 Å². The van der Waals surface area contributed by atoms with E-state index in [9.17, 15) is 18.0 Å². The average molecular weight is 543 g/mol. The van der Waals surface area contributed by atoms with Gasteiger partial charge in [-0.2, -0.15) is 0 Å². The molecule has 0 aliphatic heterocycles. The van der Waals surface area contributed by atoms with Crippen molar-refractivity contribution in [2.75, 3.05) is 46.4 Å². The van der Waals surface area contributed by atoms with Crippen LogP contribution in [0.4, 0.5) is 5.69 Å². The van der Waals surface area contributed by atoms with Crippen molar-refractivity contribution in [3.63, 3.8) is 0 Å². The number of hydrogen-bond donors (Lipinski definition) is 1. The minimum Gasteiger partial charge on any atom is -0.494 e. The predicted octanol–water partition coefficient (Wildman–Crippen LogP) is 4.40. The van der Waals surface area contributed by atoms with Gasteiger partial charge in [-0.05, 0) is 43.2 Å². The molecule has 0 saturated carbocycles. The molecule has 204 valence electrons. The van der Waals surface area contributed by atoms with Crippen molar-refractivity contribution in [2.45, 2.75) is 30.6 Å². The maximum atomic E-state index is 13.0. The molecule has 0 aliphatic carbocycles. The molecule has 0 spiro atoms. The van der Waals surface area contributed by atoms with Gasteiger partial charge in [-0.1, -0.05) is 37.1 Å². The molecule has 3 rings (SSSR count). The standard InChI is InChI=1S/C28H34N2O7S/c1-30(2)25-13-9-12-24-23(25)11-10-14-26(24)38(33,34)29-15-7-5-6-8-16-37-22-18-20(27(31)35-3)17-21(19-22)28(32)36-4/h9-14,17-19,29H,5-8,15-16H2,1-4H3. The first-order valence-electron chi connectivity index (χ1n) is 12.3. The van der Waals surface area contributed by atoms with E-state index in [1.807, 2.05) is 43.3 Å². The average Bonchev–Trinajstić information content (AvgIpc) is 2.92. The number of benzene rings is 3. The molecule has 10 heteroatoms. The van der Waals surface area contributed by atoms with Gasteiger partial charge in [0.05, 0.1) is 36.8 Å². The zero-order valence-electron chi connectivity index (χ0n) is 22.2. The van der Waals surface area contributed by atoms with E-state index in [-0.39, 0.29) is 16.0 Å². The van der Waals surface area contributed by atoms with Crippen molar-refractivity contribution in [1.82, 2.24) is 4.72 Å². The van der Waals surface area contributed by atoms with Gasteiger partial charge in [0, 0.05) is 37.1 Å². The zero-order chi connectivity index (χ0) is 27.7. The van der Waals surface area contributed by atoms with Gasteiger partial charge in [0.1, 0.15) is 5.75 Å².